The Morgan fingerprint density at radius 1 is 1.35 bits per heavy atom. The summed E-state index contributed by atoms with van der Waals surface area (Å²) in [6, 6.07) is 11.2. The minimum absolute atomic E-state index is 0.0651. The molecule has 2 rings (SSSR count). The number of hydrogen-bond donors (Lipinski definition) is 0. The van der Waals surface area contributed by atoms with Crippen LogP contribution in [0.5, 0.6) is 0 Å². The lowest BCUT2D eigenvalue weighted by Crippen LogP contribution is -2.42. The molecule has 1 fully saturated rings. The average molecular weight is 275 g/mol. The molecule has 3 heteroatoms. The van der Waals surface area contributed by atoms with Crippen LogP contribution < -0.4 is 0 Å². The van der Waals surface area contributed by atoms with Gasteiger partial charge in [0.1, 0.15) is 0 Å². The Morgan fingerprint density at radius 3 is 2.80 bits per heavy atom. The van der Waals surface area contributed by atoms with Gasteiger partial charge in [-0.3, -0.25) is 9.69 Å². The lowest BCUT2D eigenvalue weighted by molar-refractivity contribution is -0.145. The number of carbonyl (C=O) groups is 1. The number of ether oxygens (including phenoxy) is 1. The summed E-state index contributed by atoms with van der Waals surface area (Å²) >= 11 is 0. The SMILES string of the molecule is CCOC(=O)C[C@H]1CCCCN1[C@@H](C)c1ccccc1. The lowest BCUT2D eigenvalue weighted by Gasteiger charge is -2.39. The monoisotopic (exact) mass is 275 g/mol. The number of piperidine rings is 1. The van der Waals surface area contributed by atoms with Crippen molar-refractivity contribution in [2.24, 2.45) is 0 Å². The molecule has 0 bridgehead atoms. The summed E-state index contributed by atoms with van der Waals surface area (Å²) in [6.07, 6.45) is 4.04. The third-order valence-corrected chi connectivity index (χ3v) is 4.16. The number of benzene rings is 1. The van der Waals surface area contributed by atoms with Crippen LogP contribution in [0.1, 0.15) is 51.1 Å². The molecule has 0 unspecified atom stereocenters. The highest BCUT2D eigenvalue weighted by atomic mass is 16.5. The molecule has 0 radical (unpaired) electrons. The van der Waals surface area contributed by atoms with Crippen LogP contribution in [0.15, 0.2) is 30.3 Å². The van der Waals surface area contributed by atoms with Crippen LogP contribution in [0, 0.1) is 0 Å². The fourth-order valence-electron chi connectivity index (χ4n) is 3.09. The standard InChI is InChI=1S/C17H25NO2/c1-3-20-17(19)13-16-11-7-8-12-18(16)14(2)15-9-5-4-6-10-15/h4-6,9-10,14,16H,3,7-8,11-13H2,1-2H3/t14-,16+/m0/s1. The van der Waals surface area contributed by atoms with Crippen molar-refractivity contribution < 1.29 is 9.53 Å². The van der Waals surface area contributed by atoms with Gasteiger partial charge in [-0.1, -0.05) is 36.8 Å². The summed E-state index contributed by atoms with van der Waals surface area (Å²) in [5, 5.41) is 0. The van der Waals surface area contributed by atoms with E-state index in [-0.39, 0.29) is 5.97 Å². The molecule has 20 heavy (non-hydrogen) atoms. The molecule has 1 aromatic rings. The van der Waals surface area contributed by atoms with Gasteiger partial charge in [-0.05, 0) is 38.8 Å². The molecule has 0 aromatic heterocycles. The summed E-state index contributed by atoms with van der Waals surface area (Å²) < 4.78 is 5.11. The van der Waals surface area contributed by atoms with Crippen molar-refractivity contribution in [1.29, 1.82) is 0 Å². The van der Waals surface area contributed by atoms with E-state index in [1.54, 1.807) is 0 Å². The summed E-state index contributed by atoms with van der Waals surface area (Å²) in [6.45, 7) is 5.64. The first-order valence-corrected chi connectivity index (χ1v) is 7.68. The van der Waals surface area contributed by atoms with Crippen molar-refractivity contribution in [2.75, 3.05) is 13.2 Å². The molecule has 0 saturated carbocycles. The number of likely N-dealkylation sites (tertiary alicyclic amines) is 1. The topological polar surface area (TPSA) is 29.5 Å². The number of esters is 1. The van der Waals surface area contributed by atoms with E-state index in [0.29, 0.717) is 25.1 Å². The minimum atomic E-state index is -0.0651. The maximum Gasteiger partial charge on any atom is 0.307 e. The summed E-state index contributed by atoms with van der Waals surface area (Å²) in [5.41, 5.74) is 1.32. The van der Waals surface area contributed by atoms with Crippen molar-refractivity contribution in [3.8, 4) is 0 Å². The summed E-state index contributed by atoms with van der Waals surface area (Å²) in [5.74, 6) is -0.0651. The molecule has 1 heterocycles. The zero-order valence-electron chi connectivity index (χ0n) is 12.5. The maximum atomic E-state index is 11.8. The molecular formula is C17H25NO2. The van der Waals surface area contributed by atoms with Crippen LogP contribution in [0.2, 0.25) is 0 Å². The molecule has 1 saturated heterocycles. The molecular weight excluding hydrogens is 250 g/mol. The van der Waals surface area contributed by atoms with Crippen LogP contribution in [0.4, 0.5) is 0 Å². The first kappa shape index (κ1) is 15.0. The van der Waals surface area contributed by atoms with Crippen LogP contribution in [0.3, 0.4) is 0 Å². The third kappa shape index (κ3) is 3.83. The lowest BCUT2D eigenvalue weighted by atomic mass is 9.95. The zero-order valence-corrected chi connectivity index (χ0v) is 12.5. The van der Waals surface area contributed by atoms with Crippen LogP contribution in [-0.2, 0) is 9.53 Å². The van der Waals surface area contributed by atoms with Crippen molar-refractivity contribution in [3.05, 3.63) is 35.9 Å². The van der Waals surface area contributed by atoms with E-state index in [4.69, 9.17) is 4.74 Å². The van der Waals surface area contributed by atoms with Crippen LogP contribution in [0.25, 0.3) is 0 Å². The van der Waals surface area contributed by atoms with Crippen molar-refractivity contribution >= 4 is 5.97 Å². The van der Waals surface area contributed by atoms with Gasteiger partial charge in [0.05, 0.1) is 13.0 Å². The molecule has 1 aliphatic rings. The molecule has 0 spiro atoms. The molecule has 1 aliphatic heterocycles. The van der Waals surface area contributed by atoms with Crippen molar-refractivity contribution in [3.63, 3.8) is 0 Å². The normalized spacial score (nSPS) is 21.4. The van der Waals surface area contributed by atoms with Crippen LogP contribution in [-0.4, -0.2) is 30.1 Å². The first-order valence-electron chi connectivity index (χ1n) is 7.68. The maximum absolute atomic E-state index is 11.8. The van der Waals surface area contributed by atoms with Gasteiger partial charge in [-0.2, -0.15) is 0 Å². The van der Waals surface area contributed by atoms with Gasteiger partial charge in [0.2, 0.25) is 0 Å². The summed E-state index contributed by atoms with van der Waals surface area (Å²) in [4.78, 5) is 14.2. The largest absolute Gasteiger partial charge is 0.466 e. The van der Waals surface area contributed by atoms with Gasteiger partial charge in [-0.15, -0.1) is 0 Å². The highest BCUT2D eigenvalue weighted by Gasteiger charge is 2.29. The molecule has 0 N–H and O–H groups in total. The van der Waals surface area contributed by atoms with Gasteiger partial charge in [0.15, 0.2) is 0 Å². The molecule has 1 aromatic carbocycles. The molecule has 2 atom stereocenters. The summed E-state index contributed by atoms with van der Waals surface area (Å²) in [7, 11) is 0. The zero-order chi connectivity index (χ0) is 14.4. The van der Waals surface area contributed by atoms with Gasteiger partial charge in [0, 0.05) is 12.1 Å². The second-order valence-corrected chi connectivity index (χ2v) is 5.48. The van der Waals surface area contributed by atoms with E-state index >= 15 is 0 Å². The molecule has 3 nitrogen and oxygen atoms in total. The molecule has 0 aliphatic carbocycles. The molecule has 110 valence electrons. The quantitative estimate of drug-likeness (QED) is 0.770. The fraction of sp³-hybridized carbons (Fsp3) is 0.588. The van der Waals surface area contributed by atoms with Crippen LogP contribution >= 0.6 is 0 Å². The Morgan fingerprint density at radius 2 is 2.10 bits per heavy atom. The van der Waals surface area contributed by atoms with E-state index in [0.717, 1.165) is 13.0 Å². The Kier molecular flexibility index (Phi) is 5.60. The van der Waals surface area contributed by atoms with Crippen molar-refractivity contribution in [2.45, 2.75) is 51.6 Å². The highest BCUT2D eigenvalue weighted by Crippen LogP contribution is 2.29. The predicted octanol–water partition coefficient (Wildman–Crippen LogP) is 3.56. The van der Waals surface area contributed by atoms with Gasteiger partial charge in [-0.25, -0.2) is 0 Å². The van der Waals surface area contributed by atoms with Crippen molar-refractivity contribution in [1.82, 2.24) is 4.90 Å². The minimum Gasteiger partial charge on any atom is -0.466 e. The van der Waals surface area contributed by atoms with Gasteiger partial charge < -0.3 is 4.74 Å². The Labute approximate surface area is 121 Å². The van der Waals surface area contributed by atoms with E-state index < -0.39 is 0 Å². The molecule has 0 amide bonds. The Hall–Kier alpha value is -1.35. The van der Waals surface area contributed by atoms with E-state index in [2.05, 4.69) is 36.1 Å². The second kappa shape index (κ2) is 7.44. The van der Waals surface area contributed by atoms with Gasteiger partial charge in [0.25, 0.3) is 0 Å². The second-order valence-electron chi connectivity index (χ2n) is 5.48. The predicted molar refractivity (Wildman–Crippen MR) is 80.5 cm³/mol. The number of carbonyl (C=O) groups excluding carboxylic acids is 1. The highest BCUT2D eigenvalue weighted by molar-refractivity contribution is 5.70. The van der Waals surface area contributed by atoms with E-state index in [1.807, 2.05) is 13.0 Å². The average Bonchev–Trinajstić information content (AvgIpc) is 2.48. The fourth-order valence-corrected chi connectivity index (χ4v) is 3.09. The Bertz CT molecular complexity index is 418. The Balaban J connectivity index is 2.04. The van der Waals surface area contributed by atoms with E-state index in [9.17, 15) is 4.79 Å². The number of hydrogen-bond acceptors (Lipinski definition) is 3. The van der Waals surface area contributed by atoms with Gasteiger partial charge >= 0.3 is 5.97 Å². The smallest absolute Gasteiger partial charge is 0.307 e. The van der Waals surface area contributed by atoms with E-state index in [1.165, 1.54) is 18.4 Å². The first-order chi connectivity index (χ1) is 9.72. The third-order valence-electron chi connectivity index (χ3n) is 4.16. The number of nitrogens with zero attached hydrogens (tertiary/aromatic N) is 1. The number of rotatable bonds is 5.